The van der Waals surface area contributed by atoms with Crippen LogP contribution in [0.4, 0.5) is 4.39 Å². The third kappa shape index (κ3) is 4.60. The van der Waals surface area contributed by atoms with E-state index in [-0.39, 0.29) is 17.5 Å². The lowest BCUT2D eigenvalue weighted by Crippen LogP contribution is -2.29. The summed E-state index contributed by atoms with van der Waals surface area (Å²) in [4.78, 5) is 26.8. The molecule has 0 radical (unpaired) electrons. The van der Waals surface area contributed by atoms with E-state index in [1.807, 2.05) is 0 Å². The van der Waals surface area contributed by atoms with Crippen LogP contribution < -0.4 is 10.6 Å². The Bertz CT molecular complexity index is 696. The lowest BCUT2D eigenvalue weighted by atomic mass is 10.3. The standard InChI is InChI=1S/C15H18FN5O2/c1-10-19-14(15(23)18-9-3-8-17-11(2)22)20-21(10)13-6-4-12(16)5-7-13/h4-7H,3,8-9H2,1-2H3,(H,17,22)(H,18,23). The summed E-state index contributed by atoms with van der Waals surface area (Å²) in [5, 5.41) is 9.47. The Balaban J connectivity index is 1.96. The Hall–Kier alpha value is -2.77. The minimum absolute atomic E-state index is 0.0475. The second-order valence-corrected chi connectivity index (χ2v) is 4.96. The van der Waals surface area contributed by atoms with Gasteiger partial charge in [-0.2, -0.15) is 0 Å². The van der Waals surface area contributed by atoms with Crippen molar-refractivity contribution in [1.82, 2.24) is 25.4 Å². The zero-order chi connectivity index (χ0) is 16.8. The number of nitrogens with zero attached hydrogens (tertiary/aromatic N) is 3. The smallest absolute Gasteiger partial charge is 0.290 e. The summed E-state index contributed by atoms with van der Waals surface area (Å²) < 4.78 is 14.4. The van der Waals surface area contributed by atoms with Crippen molar-refractivity contribution >= 4 is 11.8 Å². The third-order valence-electron chi connectivity index (χ3n) is 3.06. The Morgan fingerprint density at radius 1 is 1.17 bits per heavy atom. The molecule has 1 heterocycles. The number of rotatable bonds is 6. The summed E-state index contributed by atoms with van der Waals surface area (Å²) in [6.07, 6.45) is 0.614. The fourth-order valence-electron chi connectivity index (χ4n) is 1.95. The van der Waals surface area contributed by atoms with Gasteiger partial charge in [0.2, 0.25) is 11.7 Å². The van der Waals surface area contributed by atoms with Gasteiger partial charge in [0.1, 0.15) is 11.6 Å². The summed E-state index contributed by atoms with van der Waals surface area (Å²) in [5.41, 5.74) is 0.626. The van der Waals surface area contributed by atoms with Gasteiger partial charge in [0.25, 0.3) is 5.91 Å². The van der Waals surface area contributed by atoms with E-state index in [0.717, 1.165) is 0 Å². The van der Waals surface area contributed by atoms with Crippen LogP contribution in [0, 0.1) is 12.7 Å². The summed E-state index contributed by atoms with van der Waals surface area (Å²) in [6.45, 7) is 4.05. The van der Waals surface area contributed by atoms with Crippen LogP contribution in [-0.4, -0.2) is 39.7 Å². The molecule has 0 aliphatic carbocycles. The largest absolute Gasteiger partial charge is 0.356 e. The zero-order valence-electron chi connectivity index (χ0n) is 13.0. The maximum absolute atomic E-state index is 13.0. The van der Waals surface area contributed by atoms with Gasteiger partial charge in [-0.05, 0) is 37.6 Å². The molecule has 0 bridgehead atoms. The first-order valence-corrected chi connectivity index (χ1v) is 7.19. The highest BCUT2D eigenvalue weighted by molar-refractivity contribution is 5.90. The fourth-order valence-corrected chi connectivity index (χ4v) is 1.95. The van der Waals surface area contributed by atoms with Crippen LogP contribution in [0.5, 0.6) is 0 Å². The molecule has 1 aromatic carbocycles. The molecule has 0 saturated heterocycles. The second-order valence-electron chi connectivity index (χ2n) is 4.96. The highest BCUT2D eigenvalue weighted by Crippen LogP contribution is 2.10. The average Bonchev–Trinajstić information content (AvgIpc) is 2.89. The number of aryl methyl sites for hydroxylation is 1. The van der Waals surface area contributed by atoms with Crippen LogP contribution in [0.2, 0.25) is 0 Å². The number of nitrogens with one attached hydrogen (secondary N) is 2. The number of carbonyl (C=O) groups excluding carboxylic acids is 2. The molecule has 2 amide bonds. The highest BCUT2D eigenvalue weighted by atomic mass is 19.1. The van der Waals surface area contributed by atoms with Crippen molar-refractivity contribution in [2.75, 3.05) is 13.1 Å². The molecule has 0 fully saturated rings. The number of hydrogen-bond donors (Lipinski definition) is 2. The Morgan fingerprint density at radius 2 is 1.83 bits per heavy atom. The molecule has 1 aromatic heterocycles. The van der Waals surface area contributed by atoms with Crippen molar-refractivity contribution in [3.8, 4) is 5.69 Å². The molecule has 2 N–H and O–H groups in total. The Kier molecular flexibility index (Phi) is 5.40. The first kappa shape index (κ1) is 16.6. The summed E-state index contributed by atoms with van der Waals surface area (Å²) in [6, 6.07) is 5.76. The Morgan fingerprint density at radius 3 is 2.48 bits per heavy atom. The first-order valence-electron chi connectivity index (χ1n) is 7.19. The minimum atomic E-state index is -0.392. The third-order valence-corrected chi connectivity index (χ3v) is 3.06. The SMILES string of the molecule is CC(=O)NCCCNC(=O)c1nc(C)n(-c2ccc(F)cc2)n1. The van der Waals surface area contributed by atoms with Crippen LogP contribution in [0.25, 0.3) is 5.69 Å². The van der Waals surface area contributed by atoms with Gasteiger partial charge in [-0.1, -0.05) is 0 Å². The van der Waals surface area contributed by atoms with Crippen molar-refractivity contribution < 1.29 is 14.0 Å². The number of hydrogen-bond acceptors (Lipinski definition) is 4. The molecule has 122 valence electrons. The van der Waals surface area contributed by atoms with Crippen molar-refractivity contribution in [3.05, 3.63) is 41.7 Å². The molecule has 2 aromatic rings. The van der Waals surface area contributed by atoms with Crippen molar-refractivity contribution in [3.63, 3.8) is 0 Å². The van der Waals surface area contributed by atoms with E-state index in [1.54, 1.807) is 19.1 Å². The van der Waals surface area contributed by atoms with Gasteiger partial charge < -0.3 is 10.6 Å². The van der Waals surface area contributed by atoms with Gasteiger partial charge in [0, 0.05) is 20.0 Å². The lowest BCUT2D eigenvalue weighted by molar-refractivity contribution is -0.118. The van der Waals surface area contributed by atoms with Crippen LogP contribution >= 0.6 is 0 Å². The predicted octanol–water partition coefficient (Wildman–Crippen LogP) is 0.971. The van der Waals surface area contributed by atoms with Crippen molar-refractivity contribution in [1.29, 1.82) is 0 Å². The number of aromatic nitrogens is 3. The molecular formula is C15H18FN5O2. The zero-order valence-corrected chi connectivity index (χ0v) is 13.0. The number of benzene rings is 1. The van der Waals surface area contributed by atoms with Crippen LogP contribution in [0.3, 0.4) is 0 Å². The number of carbonyl (C=O) groups is 2. The molecule has 0 aliphatic heterocycles. The summed E-state index contributed by atoms with van der Waals surface area (Å²) in [5.74, 6) is -0.265. The summed E-state index contributed by atoms with van der Waals surface area (Å²) in [7, 11) is 0. The van der Waals surface area contributed by atoms with E-state index in [9.17, 15) is 14.0 Å². The monoisotopic (exact) mass is 319 g/mol. The molecule has 0 atom stereocenters. The molecule has 7 nitrogen and oxygen atoms in total. The van der Waals surface area contributed by atoms with E-state index in [2.05, 4.69) is 20.7 Å². The average molecular weight is 319 g/mol. The predicted molar refractivity (Wildman–Crippen MR) is 81.7 cm³/mol. The Labute approximate surface area is 132 Å². The number of halogens is 1. The van der Waals surface area contributed by atoms with E-state index in [1.165, 1.54) is 23.7 Å². The van der Waals surface area contributed by atoms with Crippen LogP contribution in [0.15, 0.2) is 24.3 Å². The van der Waals surface area contributed by atoms with Gasteiger partial charge in [0.15, 0.2) is 0 Å². The molecule has 0 aliphatic rings. The fraction of sp³-hybridized carbons (Fsp3) is 0.333. The van der Waals surface area contributed by atoms with E-state index in [4.69, 9.17) is 0 Å². The molecule has 2 rings (SSSR count). The normalized spacial score (nSPS) is 10.4. The maximum Gasteiger partial charge on any atom is 0.290 e. The van der Waals surface area contributed by atoms with Gasteiger partial charge in [0.05, 0.1) is 5.69 Å². The van der Waals surface area contributed by atoms with Gasteiger partial charge in [-0.15, -0.1) is 5.10 Å². The lowest BCUT2D eigenvalue weighted by Gasteiger charge is -2.03. The first-order chi connectivity index (χ1) is 11.0. The molecule has 0 unspecified atom stereocenters. The van der Waals surface area contributed by atoms with Gasteiger partial charge in [-0.3, -0.25) is 9.59 Å². The van der Waals surface area contributed by atoms with Gasteiger partial charge >= 0.3 is 0 Å². The highest BCUT2D eigenvalue weighted by Gasteiger charge is 2.14. The summed E-state index contributed by atoms with van der Waals surface area (Å²) >= 11 is 0. The molecular weight excluding hydrogens is 301 g/mol. The van der Waals surface area contributed by atoms with Crippen LogP contribution in [0.1, 0.15) is 29.8 Å². The molecule has 0 spiro atoms. The van der Waals surface area contributed by atoms with Crippen molar-refractivity contribution in [2.24, 2.45) is 0 Å². The van der Waals surface area contributed by atoms with Crippen molar-refractivity contribution in [2.45, 2.75) is 20.3 Å². The quantitative estimate of drug-likeness (QED) is 0.777. The van der Waals surface area contributed by atoms with E-state index in [0.29, 0.717) is 31.0 Å². The van der Waals surface area contributed by atoms with Gasteiger partial charge in [-0.25, -0.2) is 14.1 Å². The molecule has 8 heteroatoms. The van der Waals surface area contributed by atoms with E-state index >= 15 is 0 Å². The number of amides is 2. The van der Waals surface area contributed by atoms with Crippen LogP contribution in [-0.2, 0) is 4.79 Å². The molecule has 0 saturated carbocycles. The minimum Gasteiger partial charge on any atom is -0.356 e. The molecule has 23 heavy (non-hydrogen) atoms. The topological polar surface area (TPSA) is 88.9 Å². The second kappa shape index (κ2) is 7.48. The maximum atomic E-state index is 13.0. The van der Waals surface area contributed by atoms with E-state index < -0.39 is 5.91 Å².